The van der Waals surface area contributed by atoms with Gasteiger partial charge in [-0.05, 0) is 35.4 Å². The molecule has 0 unspecified atom stereocenters. The number of nitrogens with zero attached hydrogens (tertiary/aromatic N) is 4. The second-order valence-electron chi connectivity index (χ2n) is 7.12. The Kier molecular flexibility index (Phi) is 5.74. The Balaban J connectivity index is 1.34. The normalized spacial score (nSPS) is 15.5. The predicted octanol–water partition coefficient (Wildman–Crippen LogP) is 3.22. The molecular weight excluding hydrogens is 386 g/mol. The number of halogens is 1. The Labute approximate surface area is 174 Å². The molecule has 1 saturated heterocycles. The molecule has 1 aliphatic heterocycles. The van der Waals surface area contributed by atoms with Crippen molar-refractivity contribution in [3.63, 3.8) is 0 Å². The number of fused-ring (bicyclic) bond motifs is 1. The summed E-state index contributed by atoms with van der Waals surface area (Å²) < 4.78 is 0. The zero-order valence-corrected chi connectivity index (χ0v) is 16.7. The first kappa shape index (κ1) is 19.4. The van der Waals surface area contributed by atoms with E-state index in [0.717, 1.165) is 40.1 Å². The molecule has 0 bridgehead atoms. The summed E-state index contributed by atoms with van der Waals surface area (Å²) in [7, 11) is 0. The number of benzene rings is 2. The van der Waals surface area contributed by atoms with Crippen LogP contribution in [0.25, 0.3) is 17.0 Å². The molecule has 1 amide bonds. The highest BCUT2D eigenvalue weighted by molar-refractivity contribution is 6.30. The van der Waals surface area contributed by atoms with Crippen LogP contribution in [0.3, 0.4) is 0 Å². The third-order valence-electron chi connectivity index (χ3n) is 5.03. The summed E-state index contributed by atoms with van der Waals surface area (Å²) in [6.07, 6.45) is 5.57. The summed E-state index contributed by atoms with van der Waals surface area (Å²) in [4.78, 5) is 24.9. The average Bonchev–Trinajstić information content (AvgIpc) is 2.70. The number of nitrogens with two attached hydrogens (primary N) is 1. The van der Waals surface area contributed by atoms with Crippen molar-refractivity contribution in [1.82, 2.24) is 19.8 Å². The number of piperazine rings is 1. The molecule has 4 rings (SSSR count). The standard InChI is InChI=1S/C22H22ClN5O/c23-18-5-1-3-16(11-18)4-2-8-27-9-10-28(21(29)14-27)13-17-6-7-19-20(12-17)25-15-26-22(19)24/h1-7,11-12,15H,8-10,13-14H2,(H2,24,25,26). The highest BCUT2D eigenvalue weighted by atomic mass is 35.5. The number of amides is 1. The molecule has 3 aromatic rings. The molecule has 7 heteroatoms. The van der Waals surface area contributed by atoms with Crippen molar-refractivity contribution in [2.75, 3.05) is 31.9 Å². The molecule has 0 aliphatic carbocycles. The van der Waals surface area contributed by atoms with Gasteiger partial charge in [0.2, 0.25) is 5.91 Å². The summed E-state index contributed by atoms with van der Waals surface area (Å²) >= 11 is 6.01. The average molecular weight is 408 g/mol. The number of nitrogen functional groups attached to an aromatic ring is 1. The summed E-state index contributed by atoms with van der Waals surface area (Å²) in [6.45, 7) is 3.27. The number of anilines is 1. The minimum atomic E-state index is 0.134. The van der Waals surface area contributed by atoms with Crippen LogP contribution in [0.1, 0.15) is 11.1 Å². The zero-order chi connectivity index (χ0) is 20.2. The van der Waals surface area contributed by atoms with E-state index < -0.39 is 0 Å². The second-order valence-corrected chi connectivity index (χ2v) is 7.55. The number of hydrogen-bond donors (Lipinski definition) is 1. The molecule has 1 aromatic heterocycles. The van der Waals surface area contributed by atoms with Crippen molar-refractivity contribution >= 4 is 40.3 Å². The number of aromatic nitrogens is 2. The van der Waals surface area contributed by atoms with Gasteiger partial charge in [-0.2, -0.15) is 0 Å². The predicted molar refractivity (Wildman–Crippen MR) is 116 cm³/mol. The summed E-state index contributed by atoms with van der Waals surface area (Å²) in [6, 6.07) is 13.6. The largest absolute Gasteiger partial charge is 0.383 e. The molecule has 0 spiro atoms. The fourth-order valence-corrected chi connectivity index (χ4v) is 3.67. The van der Waals surface area contributed by atoms with Crippen LogP contribution < -0.4 is 5.73 Å². The highest BCUT2D eigenvalue weighted by Gasteiger charge is 2.23. The molecule has 2 N–H and O–H groups in total. The lowest BCUT2D eigenvalue weighted by Crippen LogP contribution is -2.49. The summed E-state index contributed by atoms with van der Waals surface area (Å²) in [5, 5.41) is 1.55. The first-order chi connectivity index (χ1) is 14.1. The highest BCUT2D eigenvalue weighted by Crippen LogP contribution is 2.19. The van der Waals surface area contributed by atoms with Crippen LogP contribution in [0.5, 0.6) is 0 Å². The SMILES string of the molecule is Nc1ncnc2cc(CN3CCN(CC=Cc4cccc(Cl)c4)CC3=O)ccc12. The molecule has 0 atom stereocenters. The van der Waals surface area contributed by atoms with Gasteiger partial charge in [0.25, 0.3) is 0 Å². The molecule has 29 heavy (non-hydrogen) atoms. The number of hydrogen-bond acceptors (Lipinski definition) is 5. The number of carbonyl (C=O) groups is 1. The minimum absolute atomic E-state index is 0.134. The maximum atomic E-state index is 12.6. The maximum Gasteiger partial charge on any atom is 0.237 e. The fourth-order valence-electron chi connectivity index (χ4n) is 3.47. The third-order valence-corrected chi connectivity index (χ3v) is 5.26. The van der Waals surface area contributed by atoms with Crippen LogP contribution in [0.2, 0.25) is 5.02 Å². The van der Waals surface area contributed by atoms with E-state index in [9.17, 15) is 4.79 Å². The monoisotopic (exact) mass is 407 g/mol. The van der Waals surface area contributed by atoms with E-state index in [2.05, 4.69) is 20.9 Å². The van der Waals surface area contributed by atoms with Crippen molar-refractivity contribution < 1.29 is 4.79 Å². The topological polar surface area (TPSA) is 75.3 Å². The molecule has 2 heterocycles. The van der Waals surface area contributed by atoms with E-state index in [4.69, 9.17) is 17.3 Å². The Bertz CT molecular complexity index is 1070. The Morgan fingerprint density at radius 2 is 2.03 bits per heavy atom. The first-order valence-corrected chi connectivity index (χ1v) is 9.87. The lowest BCUT2D eigenvalue weighted by molar-refractivity contribution is -0.136. The van der Waals surface area contributed by atoms with E-state index >= 15 is 0 Å². The van der Waals surface area contributed by atoms with Crippen LogP contribution in [-0.2, 0) is 11.3 Å². The minimum Gasteiger partial charge on any atom is -0.383 e. The van der Waals surface area contributed by atoms with E-state index in [-0.39, 0.29) is 5.91 Å². The van der Waals surface area contributed by atoms with Crippen LogP contribution in [0.4, 0.5) is 5.82 Å². The van der Waals surface area contributed by atoms with E-state index in [1.165, 1.54) is 6.33 Å². The molecule has 0 saturated carbocycles. The lowest BCUT2D eigenvalue weighted by Gasteiger charge is -2.33. The Morgan fingerprint density at radius 1 is 1.14 bits per heavy atom. The number of carbonyl (C=O) groups excluding carboxylic acids is 1. The molecule has 0 radical (unpaired) electrons. The summed E-state index contributed by atoms with van der Waals surface area (Å²) in [5.41, 5.74) is 8.78. The van der Waals surface area contributed by atoms with Crippen molar-refractivity contribution in [2.45, 2.75) is 6.54 Å². The smallest absolute Gasteiger partial charge is 0.237 e. The molecule has 2 aromatic carbocycles. The zero-order valence-electron chi connectivity index (χ0n) is 16.0. The van der Waals surface area contributed by atoms with E-state index in [1.54, 1.807) is 0 Å². The van der Waals surface area contributed by atoms with Crippen LogP contribution in [-0.4, -0.2) is 51.9 Å². The fraction of sp³-hybridized carbons (Fsp3) is 0.227. The van der Waals surface area contributed by atoms with Gasteiger partial charge in [0.05, 0.1) is 12.1 Å². The third kappa shape index (κ3) is 4.72. The number of rotatable bonds is 5. The quantitative estimate of drug-likeness (QED) is 0.702. The van der Waals surface area contributed by atoms with Gasteiger partial charge >= 0.3 is 0 Å². The van der Waals surface area contributed by atoms with Crippen molar-refractivity contribution in [3.8, 4) is 0 Å². The molecular formula is C22H22ClN5O. The van der Waals surface area contributed by atoms with Gasteiger partial charge in [0.1, 0.15) is 12.1 Å². The van der Waals surface area contributed by atoms with Crippen molar-refractivity contribution in [3.05, 3.63) is 71.0 Å². The van der Waals surface area contributed by atoms with Crippen LogP contribution in [0.15, 0.2) is 54.9 Å². The van der Waals surface area contributed by atoms with E-state index in [1.807, 2.05) is 53.4 Å². The van der Waals surface area contributed by atoms with E-state index in [0.29, 0.717) is 25.5 Å². The van der Waals surface area contributed by atoms with Crippen LogP contribution in [0, 0.1) is 0 Å². The second kappa shape index (κ2) is 8.59. The van der Waals surface area contributed by atoms with Gasteiger partial charge in [-0.25, -0.2) is 9.97 Å². The Hall–Kier alpha value is -2.96. The van der Waals surface area contributed by atoms with Gasteiger partial charge in [0.15, 0.2) is 0 Å². The van der Waals surface area contributed by atoms with Gasteiger partial charge in [0, 0.05) is 36.6 Å². The van der Waals surface area contributed by atoms with Gasteiger partial charge in [-0.1, -0.05) is 42.0 Å². The molecule has 1 aliphatic rings. The molecule has 6 nitrogen and oxygen atoms in total. The lowest BCUT2D eigenvalue weighted by atomic mass is 10.1. The molecule has 1 fully saturated rings. The van der Waals surface area contributed by atoms with Gasteiger partial charge in [-0.3, -0.25) is 9.69 Å². The van der Waals surface area contributed by atoms with Gasteiger partial charge < -0.3 is 10.6 Å². The van der Waals surface area contributed by atoms with Crippen molar-refractivity contribution in [1.29, 1.82) is 0 Å². The summed E-state index contributed by atoms with van der Waals surface area (Å²) in [5.74, 6) is 0.603. The molecule has 148 valence electrons. The van der Waals surface area contributed by atoms with Gasteiger partial charge in [-0.15, -0.1) is 0 Å². The Morgan fingerprint density at radius 3 is 2.86 bits per heavy atom. The van der Waals surface area contributed by atoms with Crippen LogP contribution >= 0.6 is 11.6 Å². The first-order valence-electron chi connectivity index (χ1n) is 9.50. The maximum absolute atomic E-state index is 12.6. The van der Waals surface area contributed by atoms with Crippen molar-refractivity contribution in [2.24, 2.45) is 0 Å².